The Morgan fingerprint density at radius 2 is 1.73 bits per heavy atom. The number of carbonyl (C=O) groups is 2. The minimum Gasteiger partial charge on any atom is -0.378 e. The second-order valence-electron chi connectivity index (χ2n) is 5.83. The summed E-state index contributed by atoms with van der Waals surface area (Å²) in [5.74, 6) is -0.243. The Kier molecular flexibility index (Phi) is 6.20. The van der Waals surface area contributed by atoms with Gasteiger partial charge in [0.1, 0.15) is 0 Å². The molecule has 0 unspecified atom stereocenters. The predicted molar refractivity (Wildman–Crippen MR) is 105 cm³/mol. The number of nitrogens with one attached hydrogen (secondary N) is 1. The van der Waals surface area contributed by atoms with Gasteiger partial charge >= 0.3 is 0 Å². The number of ether oxygens (including phenoxy) is 1. The van der Waals surface area contributed by atoms with Crippen LogP contribution in [0.2, 0.25) is 0 Å². The molecule has 1 N–H and O–H groups in total. The molecule has 0 spiro atoms. The van der Waals surface area contributed by atoms with Crippen LogP contribution in [-0.2, 0) is 9.53 Å². The van der Waals surface area contributed by atoms with E-state index >= 15 is 0 Å². The van der Waals surface area contributed by atoms with E-state index in [1.54, 1.807) is 35.2 Å². The van der Waals surface area contributed by atoms with Crippen molar-refractivity contribution in [2.45, 2.75) is 0 Å². The molecule has 0 atom stereocenters. The second-order valence-corrected chi connectivity index (χ2v) is 6.68. The Morgan fingerprint density at radius 1 is 1.04 bits per heavy atom. The van der Waals surface area contributed by atoms with Gasteiger partial charge in [-0.2, -0.15) is 0 Å². The molecule has 1 fully saturated rings. The maximum absolute atomic E-state index is 12.4. The maximum atomic E-state index is 12.4. The van der Waals surface area contributed by atoms with Crippen LogP contribution in [0.1, 0.15) is 15.9 Å². The van der Waals surface area contributed by atoms with E-state index in [0.717, 1.165) is 10.0 Å². The molecule has 6 heteroatoms. The molecule has 2 amide bonds. The standard InChI is InChI=1S/C20H19BrN2O3/c21-18-4-2-1-3-15(18)7-10-19(24)22-17-8-5-16(6-9-17)20(25)23-11-13-26-14-12-23/h1-10H,11-14H2,(H,22,24)/b10-7+. The first-order valence-electron chi connectivity index (χ1n) is 8.34. The first kappa shape index (κ1) is 18.4. The van der Waals surface area contributed by atoms with Gasteiger partial charge in [0.25, 0.3) is 5.91 Å². The average molecular weight is 415 g/mol. The van der Waals surface area contributed by atoms with Crippen molar-refractivity contribution < 1.29 is 14.3 Å². The van der Waals surface area contributed by atoms with Gasteiger partial charge in [-0.25, -0.2) is 0 Å². The van der Waals surface area contributed by atoms with E-state index in [9.17, 15) is 9.59 Å². The highest BCUT2D eigenvalue weighted by Crippen LogP contribution is 2.17. The lowest BCUT2D eigenvalue weighted by atomic mass is 10.1. The molecule has 134 valence electrons. The first-order chi connectivity index (χ1) is 12.6. The van der Waals surface area contributed by atoms with Gasteiger partial charge in [-0.3, -0.25) is 9.59 Å². The highest BCUT2D eigenvalue weighted by molar-refractivity contribution is 9.10. The number of rotatable bonds is 4. The smallest absolute Gasteiger partial charge is 0.254 e. The van der Waals surface area contributed by atoms with Crippen molar-refractivity contribution in [2.75, 3.05) is 31.6 Å². The van der Waals surface area contributed by atoms with Crippen LogP contribution in [0, 0.1) is 0 Å². The number of anilines is 1. The molecule has 0 bridgehead atoms. The molecule has 2 aromatic rings. The summed E-state index contributed by atoms with van der Waals surface area (Å²) in [4.78, 5) is 26.2. The fraction of sp³-hybridized carbons (Fsp3) is 0.200. The summed E-state index contributed by atoms with van der Waals surface area (Å²) < 4.78 is 6.19. The van der Waals surface area contributed by atoms with Crippen molar-refractivity contribution in [3.8, 4) is 0 Å². The SMILES string of the molecule is O=C(/C=C/c1ccccc1Br)Nc1ccc(C(=O)N2CCOCC2)cc1. The van der Waals surface area contributed by atoms with Gasteiger partial charge in [-0.15, -0.1) is 0 Å². The molecule has 26 heavy (non-hydrogen) atoms. The van der Waals surface area contributed by atoms with Crippen LogP contribution in [0.5, 0.6) is 0 Å². The van der Waals surface area contributed by atoms with E-state index in [1.807, 2.05) is 24.3 Å². The quantitative estimate of drug-likeness (QED) is 0.777. The number of nitrogens with zero attached hydrogens (tertiary/aromatic N) is 1. The monoisotopic (exact) mass is 414 g/mol. The van der Waals surface area contributed by atoms with Crippen molar-refractivity contribution in [2.24, 2.45) is 0 Å². The fourth-order valence-electron chi connectivity index (χ4n) is 2.60. The lowest BCUT2D eigenvalue weighted by Gasteiger charge is -2.26. The molecular weight excluding hydrogens is 396 g/mol. The van der Waals surface area contributed by atoms with Crippen LogP contribution in [-0.4, -0.2) is 43.0 Å². The number of hydrogen-bond donors (Lipinski definition) is 1. The third-order valence-corrected chi connectivity index (χ3v) is 4.74. The summed E-state index contributed by atoms with van der Waals surface area (Å²) in [6, 6.07) is 14.6. The van der Waals surface area contributed by atoms with Crippen LogP contribution in [0.4, 0.5) is 5.69 Å². The van der Waals surface area contributed by atoms with Crippen molar-refractivity contribution in [3.05, 3.63) is 70.2 Å². The zero-order valence-electron chi connectivity index (χ0n) is 14.2. The molecule has 3 rings (SSSR count). The Hall–Kier alpha value is -2.44. The maximum Gasteiger partial charge on any atom is 0.254 e. The van der Waals surface area contributed by atoms with Crippen molar-refractivity contribution in [3.63, 3.8) is 0 Å². The van der Waals surface area contributed by atoms with Crippen LogP contribution >= 0.6 is 15.9 Å². The number of benzene rings is 2. The molecule has 2 aromatic carbocycles. The van der Waals surface area contributed by atoms with E-state index < -0.39 is 0 Å². The van der Waals surface area contributed by atoms with Gasteiger partial charge in [0.15, 0.2) is 0 Å². The predicted octanol–water partition coefficient (Wildman–Crippen LogP) is 3.57. The Labute approximate surface area is 160 Å². The highest BCUT2D eigenvalue weighted by atomic mass is 79.9. The van der Waals surface area contributed by atoms with Crippen LogP contribution in [0.15, 0.2) is 59.1 Å². The molecule has 0 saturated carbocycles. The summed E-state index contributed by atoms with van der Waals surface area (Å²) in [6.07, 6.45) is 3.22. The molecule has 1 aliphatic heterocycles. The van der Waals surface area contributed by atoms with E-state index in [0.29, 0.717) is 37.6 Å². The third kappa shape index (κ3) is 4.80. The Bertz CT molecular complexity index is 812. The molecular formula is C20H19BrN2O3. The fourth-order valence-corrected chi connectivity index (χ4v) is 3.02. The minimum absolute atomic E-state index is 0.0139. The second kappa shape index (κ2) is 8.78. The summed E-state index contributed by atoms with van der Waals surface area (Å²) in [5, 5.41) is 2.79. The van der Waals surface area contributed by atoms with Crippen molar-refractivity contribution >= 4 is 39.5 Å². The summed E-state index contributed by atoms with van der Waals surface area (Å²) >= 11 is 3.44. The highest BCUT2D eigenvalue weighted by Gasteiger charge is 2.18. The van der Waals surface area contributed by atoms with Crippen molar-refractivity contribution in [1.29, 1.82) is 0 Å². The molecule has 1 heterocycles. The number of hydrogen-bond acceptors (Lipinski definition) is 3. The number of carbonyl (C=O) groups excluding carboxylic acids is 2. The zero-order valence-corrected chi connectivity index (χ0v) is 15.7. The average Bonchev–Trinajstić information content (AvgIpc) is 2.68. The Morgan fingerprint density at radius 3 is 2.42 bits per heavy atom. The van der Waals surface area contributed by atoms with Crippen molar-refractivity contribution in [1.82, 2.24) is 4.90 Å². The van der Waals surface area contributed by atoms with E-state index in [4.69, 9.17) is 4.74 Å². The molecule has 0 aromatic heterocycles. The molecule has 5 nitrogen and oxygen atoms in total. The van der Waals surface area contributed by atoms with Gasteiger partial charge in [0.05, 0.1) is 13.2 Å². The first-order valence-corrected chi connectivity index (χ1v) is 9.13. The normalized spacial score (nSPS) is 14.4. The van der Waals surface area contributed by atoms with Crippen LogP contribution in [0.3, 0.4) is 0 Å². The molecule has 0 aliphatic carbocycles. The number of halogens is 1. The largest absolute Gasteiger partial charge is 0.378 e. The molecule has 0 radical (unpaired) electrons. The number of amides is 2. The minimum atomic E-state index is -0.229. The molecule has 1 aliphatic rings. The van der Waals surface area contributed by atoms with Gasteiger partial charge in [0.2, 0.25) is 5.91 Å². The van der Waals surface area contributed by atoms with E-state index in [-0.39, 0.29) is 11.8 Å². The summed E-state index contributed by atoms with van der Waals surface area (Å²) in [5.41, 5.74) is 2.17. The van der Waals surface area contributed by atoms with Gasteiger partial charge in [-0.05, 0) is 42.0 Å². The van der Waals surface area contributed by atoms with Crippen LogP contribution < -0.4 is 5.32 Å². The van der Waals surface area contributed by atoms with Gasteiger partial charge < -0.3 is 15.0 Å². The lowest BCUT2D eigenvalue weighted by molar-refractivity contribution is -0.111. The summed E-state index contributed by atoms with van der Waals surface area (Å²) in [7, 11) is 0. The van der Waals surface area contributed by atoms with Gasteiger partial charge in [0, 0.05) is 34.9 Å². The third-order valence-electron chi connectivity index (χ3n) is 4.02. The zero-order chi connectivity index (χ0) is 18.4. The topological polar surface area (TPSA) is 58.6 Å². The Balaban J connectivity index is 1.59. The number of morpholine rings is 1. The molecule has 1 saturated heterocycles. The van der Waals surface area contributed by atoms with Gasteiger partial charge in [-0.1, -0.05) is 34.1 Å². The summed E-state index contributed by atoms with van der Waals surface area (Å²) in [6.45, 7) is 2.36. The lowest BCUT2D eigenvalue weighted by Crippen LogP contribution is -2.40. The van der Waals surface area contributed by atoms with E-state index in [2.05, 4.69) is 21.2 Å². The van der Waals surface area contributed by atoms with E-state index in [1.165, 1.54) is 6.08 Å². The van der Waals surface area contributed by atoms with Crippen LogP contribution in [0.25, 0.3) is 6.08 Å².